The van der Waals surface area contributed by atoms with Crippen LogP contribution in [-0.4, -0.2) is 22.2 Å². The van der Waals surface area contributed by atoms with E-state index < -0.39 is 0 Å². The monoisotopic (exact) mass is 442 g/mol. The van der Waals surface area contributed by atoms with Crippen LogP contribution in [0.4, 0.5) is 11.4 Å². The maximum absolute atomic E-state index is 6.05. The number of hydrogen-bond donors (Lipinski definition) is 3. The first kappa shape index (κ1) is 19.5. The molecule has 0 fully saturated rings. The zero-order valence-electron chi connectivity index (χ0n) is 15.3. The number of nitrogens with zero attached hydrogens (tertiary/aromatic N) is 1. The normalized spacial score (nSPS) is 10.7. The zero-order chi connectivity index (χ0) is 20.4. The van der Waals surface area contributed by atoms with E-state index in [1.54, 1.807) is 31.5 Å². The summed E-state index contributed by atoms with van der Waals surface area (Å²) in [7, 11) is 1.61. The molecule has 146 valence electrons. The molecule has 0 radical (unpaired) electrons. The lowest BCUT2D eigenvalue weighted by Gasteiger charge is -2.15. The summed E-state index contributed by atoms with van der Waals surface area (Å²) in [6.45, 7) is 0. The maximum atomic E-state index is 6.05. The summed E-state index contributed by atoms with van der Waals surface area (Å²) in [6, 6.07) is 16.9. The lowest BCUT2D eigenvalue weighted by atomic mass is 10.1. The van der Waals surface area contributed by atoms with Gasteiger partial charge in [0.2, 0.25) is 0 Å². The minimum absolute atomic E-state index is 0.386. The van der Waals surface area contributed by atoms with Gasteiger partial charge in [-0.3, -0.25) is 4.98 Å². The van der Waals surface area contributed by atoms with Gasteiger partial charge in [-0.15, -0.1) is 0 Å². The predicted octanol–water partition coefficient (Wildman–Crippen LogP) is 6.35. The maximum Gasteiger partial charge on any atom is 0.175 e. The van der Waals surface area contributed by atoms with E-state index in [1.165, 1.54) is 0 Å². The van der Waals surface area contributed by atoms with Gasteiger partial charge in [0.25, 0.3) is 0 Å². The molecule has 29 heavy (non-hydrogen) atoms. The smallest absolute Gasteiger partial charge is 0.175 e. The molecule has 2 aromatic carbocycles. The highest BCUT2D eigenvalue weighted by molar-refractivity contribution is 7.80. The van der Waals surface area contributed by atoms with Gasteiger partial charge < -0.3 is 20.4 Å². The molecular formula is C21H16Cl2N4OS. The summed E-state index contributed by atoms with van der Waals surface area (Å²) in [4.78, 5) is 7.74. The molecule has 5 nitrogen and oxygen atoms in total. The van der Waals surface area contributed by atoms with E-state index in [4.69, 9.17) is 40.2 Å². The molecular weight excluding hydrogens is 427 g/mol. The molecule has 0 saturated heterocycles. The molecule has 0 aliphatic heterocycles. The largest absolute Gasteiger partial charge is 0.495 e. The Labute approximate surface area is 183 Å². The number of methoxy groups -OCH3 is 1. The third kappa shape index (κ3) is 4.45. The Morgan fingerprint density at radius 2 is 1.83 bits per heavy atom. The lowest BCUT2D eigenvalue weighted by Crippen LogP contribution is -2.19. The van der Waals surface area contributed by atoms with Crippen LogP contribution >= 0.6 is 35.4 Å². The predicted molar refractivity (Wildman–Crippen MR) is 124 cm³/mol. The standard InChI is InChI=1S/C21H16Cl2N4OS/c1-28-20-5-4-12(17-11-18-16(26-17)3-2-6-24-18)7-19(20)27-21(29)25-15-9-13(22)8-14(23)10-15/h2-11,26H,1H3,(H2,25,27,29). The molecule has 0 saturated carbocycles. The number of halogens is 2. The lowest BCUT2D eigenvalue weighted by molar-refractivity contribution is 0.417. The number of nitrogens with one attached hydrogen (secondary N) is 3. The van der Waals surface area contributed by atoms with E-state index in [2.05, 4.69) is 20.6 Å². The molecule has 0 atom stereocenters. The van der Waals surface area contributed by atoms with Gasteiger partial charge in [-0.2, -0.15) is 0 Å². The first-order valence-corrected chi connectivity index (χ1v) is 9.84. The van der Waals surface area contributed by atoms with Crippen molar-refractivity contribution < 1.29 is 4.74 Å². The van der Waals surface area contributed by atoms with Crippen LogP contribution in [0.15, 0.2) is 60.8 Å². The molecule has 0 aliphatic carbocycles. The fourth-order valence-corrected chi connectivity index (χ4v) is 3.75. The van der Waals surface area contributed by atoms with Crippen LogP contribution in [-0.2, 0) is 0 Å². The Morgan fingerprint density at radius 1 is 1.03 bits per heavy atom. The number of anilines is 2. The van der Waals surface area contributed by atoms with Crippen molar-refractivity contribution in [2.45, 2.75) is 0 Å². The van der Waals surface area contributed by atoms with Crippen molar-refractivity contribution >= 4 is 62.9 Å². The van der Waals surface area contributed by atoms with Crippen molar-refractivity contribution in [3.63, 3.8) is 0 Å². The minimum atomic E-state index is 0.386. The minimum Gasteiger partial charge on any atom is -0.495 e. The number of aromatic nitrogens is 2. The summed E-state index contributed by atoms with van der Waals surface area (Å²) in [5.74, 6) is 0.663. The van der Waals surface area contributed by atoms with Gasteiger partial charge in [0.15, 0.2) is 5.11 Å². The number of hydrogen-bond acceptors (Lipinski definition) is 3. The zero-order valence-corrected chi connectivity index (χ0v) is 17.6. The molecule has 2 heterocycles. The van der Waals surface area contributed by atoms with Gasteiger partial charge >= 0.3 is 0 Å². The van der Waals surface area contributed by atoms with Crippen molar-refractivity contribution in [1.82, 2.24) is 9.97 Å². The Morgan fingerprint density at radius 3 is 2.55 bits per heavy atom. The molecule has 0 amide bonds. The number of H-pyrrole nitrogens is 1. The Balaban J connectivity index is 1.60. The Kier molecular flexibility index (Phi) is 5.58. The molecule has 0 aliphatic rings. The van der Waals surface area contributed by atoms with Crippen LogP contribution in [0, 0.1) is 0 Å². The van der Waals surface area contributed by atoms with Gasteiger partial charge in [-0.1, -0.05) is 23.2 Å². The van der Waals surface area contributed by atoms with E-state index >= 15 is 0 Å². The number of thiocarbonyl (C=S) groups is 1. The van der Waals surface area contributed by atoms with Crippen LogP contribution in [0.1, 0.15) is 0 Å². The van der Waals surface area contributed by atoms with Crippen LogP contribution in [0.5, 0.6) is 5.75 Å². The number of pyridine rings is 1. The number of fused-ring (bicyclic) bond motifs is 1. The van der Waals surface area contributed by atoms with E-state index in [1.807, 2.05) is 36.4 Å². The van der Waals surface area contributed by atoms with Gasteiger partial charge in [-0.05, 0) is 66.8 Å². The van der Waals surface area contributed by atoms with Crippen molar-refractivity contribution in [3.8, 4) is 17.0 Å². The fourth-order valence-electron chi connectivity index (χ4n) is 3.00. The molecule has 0 spiro atoms. The topological polar surface area (TPSA) is 62.0 Å². The second-order valence-corrected chi connectivity index (χ2v) is 7.55. The average molecular weight is 443 g/mol. The third-order valence-corrected chi connectivity index (χ3v) is 4.91. The number of rotatable bonds is 4. The van der Waals surface area contributed by atoms with Gasteiger partial charge in [0, 0.05) is 33.2 Å². The molecule has 4 aromatic rings. The average Bonchev–Trinajstić information content (AvgIpc) is 3.11. The fraction of sp³-hybridized carbons (Fsp3) is 0.0476. The van der Waals surface area contributed by atoms with Crippen LogP contribution in [0.3, 0.4) is 0 Å². The third-order valence-electron chi connectivity index (χ3n) is 4.27. The highest BCUT2D eigenvalue weighted by Gasteiger charge is 2.10. The summed E-state index contributed by atoms with van der Waals surface area (Å²) in [5, 5.41) is 7.69. The van der Waals surface area contributed by atoms with E-state index in [0.717, 1.165) is 28.0 Å². The van der Waals surface area contributed by atoms with Gasteiger partial charge in [0.1, 0.15) is 5.75 Å². The van der Waals surface area contributed by atoms with Crippen LogP contribution in [0.2, 0.25) is 10.0 Å². The summed E-state index contributed by atoms with van der Waals surface area (Å²) in [6.07, 6.45) is 1.77. The molecule has 4 rings (SSSR count). The Hall–Kier alpha value is -2.80. The second-order valence-electron chi connectivity index (χ2n) is 6.27. The van der Waals surface area contributed by atoms with E-state index in [-0.39, 0.29) is 0 Å². The van der Waals surface area contributed by atoms with Crippen LogP contribution in [0.25, 0.3) is 22.3 Å². The quantitative estimate of drug-likeness (QED) is 0.321. The molecule has 2 aromatic heterocycles. The first-order chi connectivity index (χ1) is 14.0. The summed E-state index contributed by atoms with van der Waals surface area (Å²) < 4.78 is 5.47. The summed E-state index contributed by atoms with van der Waals surface area (Å²) >= 11 is 17.5. The first-order valence-electron chi connectivity index (χ1n) is 8.68. The molecule has 3 N–H and O–H groups in total. The molecule has 0 bridgehead atoms. The van der Waals surface area contributed by atoms with Crippen molar-refractivity contribution in [2.24, 2.45) is 0 Å². The SMILES string of the molecule is COc1ccc(-c2cc3ncccc3[nH]2)cc1NC(=S)Nc1cc(Cl)cc(Cl)c1. The summed E-state index contributed by atoms with van der Waals surface area (Å²) in [5.41, 5.74) is 5.22. The molecule has 0 unspecified atom stereocenters. The highest BCUT2D eigenvalue weighted by atomic mass is 35.5. The number of benzene rings is 2. The molecule has 8 heteroatoms. The van der Waals surface area contributed by atoms with E-state index in [0.29, 0.717) is 26.6 Å². The number of aromatic amines is 1. The van der Waals surface area contributed by atoms with Crippen molar-refractivity contribution in [3.05, 3.63) is 70.8 Å². The highest BCUT2D eigenvalue weighted by Crippen LogP contribution is 2.32. The number of ether oxygens (including phenoxy) is 1. The van der Waals surface area contributed by atoms with Crippen LogP contribution < -0.4 is 15.4 Å². The second kappa shape index (κ2) is 8.29. The van der Waals surface area contributed by atoms with E-state index in [9.17, 15) is 0 Å². The van der Waals surface area contributed by atoms with Crippen molar-refractivity contribution in [2.75, 3.05) is 17.7 Å². The van der Waals surface area contributed by atoms with Gasteiger partial charge in [0.05, 0.1) is 23.8 Å². The van der Waals surface area contributed by atoms with Gasteiger partial charge in [-0.25, -0.2) is 0 Å². The Bertz CT molecular complexity index is 1160. The van der Waals surface area contributed by atoms with Crippen molar-refractivity contribution in [1.29, 1.82) is 0 Å².